The van der Waals surface area contributed by atoms with E-state index in [1.165, 1.54) is 11.3 Å². The van der Waals surface area contributed by atoms with Crippen molar-refractivity contribution in [2.45, 2.75) is 51.8 Å². The van der Waals surface area contributed by atoms with E-state index in [9.17, 15) is 4.79 Å². The second-order valence-corrected chi connectivity index (χ2v) is 8.81. The molecule has 3 heterocycles. The number of carbonyl (C=O) groups is 1. The van der Waals surface area contributed by atoms with Crippen molar-refractivity contribution in [3.8, 4) is 21.5 Å². The molecular formula is C20H22ClN5O3S. The van der Waals surface area contributed by atoms with Crippen LogP contribution in [0.5, 0.6) is 5.75 Å². The maximum atomic E-state index is 10.8. The summed E-state index contributed by atoms with van der Waals surface area (Å²) in [5.41, 5.74) is 3.01. The molecule has 0 fully saturated rings. The highest BCUT2D eigenvalue weighted by Gasteiger charge is 2.24. The number of aliphatic carboxylic acids is 1. The highest BCUT2D eigenvalue weighted by Crippen LogP contribution is 2.33. The topological polar surface area (TPSA) is 102 Å². The van der Waals surface area contributed by atoms with Gasteiger partial charge in [0.25, 0.3) is 0 Å². The lowest BCUT2D eigenvalue weighted by molar-refractivity contribution is -0.137. The van der Waals surface area contributed by atoms with Gasteiger partial charge in [-0.15, -0.1) is 10.2 Å². The highest BCUT2D eigenvalue weighted by molar-refractivity contribution is 7.17. The zero-order chi connectivity index (χ0) is 21.3. The number of carboxylic acid groups (broad SMARTS) is 1. The molecule has 0 saturated carbocycles. The summed E-state index contributed by atoms with van der Waals surface area (Å²) < 4.78 is 7.48. The lowest BCUT2D eigenvalue weighted by Crippen LogP contribution is -2.36. The summed E-state index contributed by atoms with van der Waals surface area (Å²) >= 11 is 7.79. The van der Waals surface area contributed by atoms with E-state index in [1.807, 2.05) is 38.2 Å². The lowest BCUT2D eigenvalue weighted by Gasteiger charge is -2.23. The van der Waals surface area contributed by atoms with Gasteiger partial charge in [-0.3, -0.25) is 4.79 Å². The average molecular weight is 448 g/mol. The molecule has 0 saturated heterocycles. The maximum absolute atomic E-state index is 10.8. The zero-order valence-corrected chi connectivity index (χ0v) is 18.2. The molecule has 1 aliphatic heterocycles. The fraction of sp³-hybridized carbons (Fsp3) is 0.400. The monoisotopic (exact) mass is 447 g/mol. The molecule has 1 unspecified atom stereocenters. The number of benzene rings is 1. The third-order valence-electron chi connectivity index (χ3n) is 4.82. The Labute approximate surface area is 182 Å². The minimum absolute atomic E-state index is 0.0461. The predicted octanol–water partition coefficient (Wildman–Crippen LogP) is 3.71. The van der Waals surface area contributed by atoms with E-state index in [2.05, 4.69) is 20.6 Å². The molecule has 1 atom stereocenters. The Morgan fingerprint density at radius 2 is 2.27 bits per heavy atom. The van der Waals surface area contributed by atoms with Crippen molar-refractivity contribution >= 4 is 28.9 Å². The lowest BCUT2D eigenvalue weighted by atomic mass is 9.98. The first-order chi connectivity index (χ1) is 14.4. The standard InChI is InChI=1S/C20H22ClN5O3S/c1-11(2)29-17-5-3-12(8-15(17)21)19-24-25-20(30-19)26-16-10-22-14(4-6-18(27)28)7-13(16)9-23-26/h3,5,8-9,11,14,22H,4,6-7,10H2,1-2H3,(H,27,28). The molecular weight excluding hydrogens is 426 g/mol. The number of halogens is 1. The first-order valence-electron chi connectivity index (χ1n) is 9.72. The third-order valence-corrected chi connectivity index (χ3v) is 6.07. The van der Waals surface area contributed by atoms with E-state index in [1.54, 1.807) is 4.68 Å². The van der Waals surface area contributed by atoms with E-state index in [4.69, 9.17) is 21.4 Å². The summed E-state index contributed by atoms with van der Waals surface area (Å²) in [6.07, 6.45) is 3.39. The molecule has 10 heteroatoms. The number of aromatic nitrogens is 4. The zero-order valence-electron chi connectivity index (χ0n) is 16.6. The van der Waals surface area contributed by atoms with Crippen molar-refractivity contribution in [1.82, 2.24) is 25.3 Å². The number of nitrogens with zero attached hydrogens (tertiary/aromatic N) is 4. The second kappa shape index (κ2) is 8.71. The van der Waals surface area contributed by atoms with Gasteiger partial charge in [0.1, 0.15) is 10.8 Å². The van der Waals surface area contributed by atoms with Gasteiger partial charge >= 0.3 is 5.97 Å². The van der Waals surface area contributed by atoms with Crippen molar-refractivity contribution in [3.05, 3.63) is 40.7 Å². The Balaban J connectivity index is 1.52. The number of ether oxygens (including phenoxy) is 1. The van der Waals surface area contributed by atoms with Gasteiger partial charge in [-0.25, -0.2) is 4.68 Å². The summed E-state index contributed by atoms with van der Waals surface area (Å²) in [5.74, 6) is -0.131. The summed E-state index contributed by atoms with van der Waals surface area (Å²) in [6.45, 7) is 4.52. The number of carboxylic acids is 1. The fourth-order valence-electron chi connectivity index (χ4n) is 3.41. The molecule has 2 aromatic heterocycles. The SMILES string of the molecule is CC(C)Oc1ccc(-c2nnc(-n3ncc4c3CNC(CCC(=O)O)C4)s2)cc1Cl. The fourth-order valence-corrected chi connectivity index (χ4v) is 4.46. The van der Waals surface area contributed by atoms with Crippen molar-refractivity contribution < 1.29 is 14.6 Å². The summed E-state index contributed by atoms with van der Waals surface area (Å²) in [7, 11) is 0. The van der Waals surface area contributed by atoms with Crippen LogP contribution in [0, 0.1) is 0 Å². The number of hydrogen-bond acceptors (Lipinski definition) is 7. The molecule has 0 amide bonds. The summed E-state index contributed by atoms with van der Waals surface area (Å²) in [5, 5.41) is 27.3. The van der Waals surface area contributed by atoms with Crippen LogP contribution in [0.3, 0.4) is 0 Å². The second-order valence-electron chi connectivity index (χ2n) is 7.44. The number of fused-ring (bicyclic) bond motifs is 1. The van der Waals surface area contributed by atoms with Gasteiger partial charge in [-0.2, -0.15) is 5.10 Å². The highest BCUT2D eigenvalue weighted by atomic mass is 35.5. The van der Waals surface area contributed by atoms with E-state index in [-0.39, 0.29) is 18.6 Å². The predicted molar refractivity (Wildman–Crippen MR) is 114 cm³/mol. The molecule has 0 radical (unpaired) electrons. The molecule has 8 nitrogen and oxygen atoms in total. The van der Waals surface area contributed by atoms with E-state index in [0.717, 1.165) is 28.2 Å². The minimum Gasteiger partial charge on any atom is -0.489 e. The van der Waals surface area contributed by atoms with Crippen molar-refractivity contribution in [1.29, 1.82) is 0 Å². The summed E-state index contributed by atoms with van der Waals surface area (Å²) in [4.78, 5) is 10.8. The largest absolute Gasteiger partial charge is 0.489 e. The molecule has 2 N–H and O–H groups in total. The van der Waals surface area contributed by atoms with Crippen LogP contribution >= 0.6 is 22.9 Å². The average Bonchev–Trinajstić information content (AvgIpc) is 3.34. The quantitative estimate of drug-likeness (QED) is 0.569. The Bertz CT molecular complexity index is 1060. The van der Waals surface area contributed by atoms with Gasteiger partial charge in [0, 0.05) is 24.6 Å². The van der Waals surface area contributed by atoms with Gasteiger partial charge in [-0.05, 0) is 50.5 Å². The van der Waals surface area contributed by atoms with Gasteiger partial charge in [0.15, 0.2) is 0 Å². The van der Waals surface area contributed by atoms with Crippen LogP contribution in [0.1, 0.15) is 37.9 Å². The van der Waals surface area contributed by atoms with E-state index < -0.39 is 5.97 Å². The summed E-state index contributed by atoms with van der Waals surface area (Å²) in [6, 6.07) is 5.73. The van der Waals surface area contributed by atoms with Gasteiger partial charge in [0.2, 0.25) is 5.13 Å². The van der Waals surface area contributed by atoms with E-state index >= 15 is 0 Å². The molecule has 158 valence electrons. The molecule has 1 aromatic carbocycles. The van der Waals surface area contributed by atoms with Gasteiger partial charge in [0.05, 0.1) is 23.0 Å². The Hall–Kier alpha value is -2.49. The number of rotatable bonds is 7. The first kappa shape index (κ1) is 20.8. The molecule has 3 aromatic rings. The molecule has 0 bridgehead atoms. The van der Waals surface area contributed by atoms with Crippen LogP contribution in [0.25, 0.3) is 15.7 Å². The van der Waals surface area contributed by atoms with E-state index in [0.29, 0.717) is 28.9 Å². The van der Waals surface area contributed by atoms with Gasteiger partial charge < -0.3 is 15.2 Å². The van der Waals surface area contributed by atoms with Crippen LogP contribution < -0.4 is 10.1 Å². The number of hydrogen-bond donors (Lipinski definition) is 2. The Morgan fingerprint density at radius 3 is 3.00 bits per heavy atom. The van der Waals surface area contributed by atoms with Crippen LogP contribution in [0.4, 0.5) is 0 Å². The molecule has 0 aliphatic carbocycles. The minimum atomic E-state index is -0.774. The molecule has 0 spiro atoms. The van der Waals surface area contributed by atoms with Crippen LogP contribution in [-0.4, -0.2) is 43.2 Å². The number of nitrogens with one attached hydrogen (secondary N) is 1. The molecule has 1 aliphatic rings. The van der Waals surface area contributed by atoms with Crippen LogP contribution in [0.2, 0.25) is 5.02 Å². The van der Waals surface area contributed by atoms with Crippen molar-refractivity contribution in [3.63, 3.8) is 0 Å². The van der Waals surface area contributed by atoms with Gasteiger partial charge in [-0.1, -0.05) is 22.9 Å². The first-order valence-corrected chi connectivity index (χ1v) is 10.9. The Kier molecular flexibility index (Phi) is 6.03. The normalized spacial score (nSPS) is 15.9. The molecule has 30 heavy (non-hydrogen) atoms. The van der Waals surface area contributed by atoms with Crippen molar-refractivity contribution in [2.24, 2.45) is 0 Å². The molecule has 4 rings (SSSR count). The van der Waals surface area contributed by atoms with Crippen LogP contribution in [0.15, 0.2) is 24.4 Å². The third kappa shape index (κ3) is 4.48. The smallest absolute Gasteiger partial charge is 0.303 e. The maximum Gasteiger partial charge on any atom is 0.303 e. The van der Waals surface area contributed by atoms with Crippen molar-refractivity contribution in [2.75, 3.05) is 0 Å². The Morgan fingerprint density at radius 1 is 1.43 bits per heavy atom. The van der Waals surface area contributed by atoms with Crippen LogP contribution in [-0.2, 0) is 17.8 Å².